The quantitative estimate of drug-likeness (QED) is 0.750. The highest BCUT2D eigenvalue weighted by atomic mass is 16.5. The summed E-state index contributed by atoms with van der Waals surface area (Å²) in [7, 11) is 1.44. The van der Waals surface area contributed by atoms with Crippen LogP contribution in [0.5, 0.6) is 11.5 Å². The van der Waals surface area contributed by atoms with Gasteiger partial charge in [0.2, 0.25) is 0 Å². The van der Waals surface area contributed by atoms with E-state index in [1.165, 1.54) is 19.2 Å². The highest BCUT2D eigenvalue weighted by Gasteiger charge is 2.10. The number of benzene rings is 1. The Bertz CT molecular complexity index is 434. The van der Waals surface area contributed by atoms with Crippen molar-refractivity contribution in [2.75, 3.05) is 7.11 Å². The molecule has 1 aromatic carbocycles. The minimum atomic E-state index is -0.350. The Morgan fingerprint density at radius 1 is 1.62 bits per heavy atom. The summed E-state index contributed by atoms with van der Waals surface area (Å²) in [5, 5.41) is 12.1. The fraction of sp³-hybridized carbons (Fsp3) is 0.250. The molecule has 4 heteroatoms. The molecular formula is C12H13NO3. The van der Waals surface area contributed by atoms with Crippen molar-refractivity contribution in [2.45, 2.75) is 13.0 Å². The molecule has 0 aliphatic rings. The summed E-state index contributed by atoms with van der Waals surface area (Å²) in [4.78, 5) is 11.6. The van der Waals surface area contributed by atoms with Crippen LogP contribution in [0.1, 0.15) is 17.3 Å². The lowest BCUT2D eigenvalue weighted by Gasteiger charge is -2.09. The molecule has 1 amide bonds. The van der Waals surface area contributed by atoms with E-state index in [2.05, 4.69) is 11.2 Å². The van der Waals surface area contributed by atoms with Crippen molar-refractivity contribution >= 4 is 5.91 Å². The third kappa shape index (κ3) is 2.67. The molecule has 0 aliphatic heterocycles. The number of carbonyl (C=O) groups excluding carboxylic acids is 1. The second kappa shape index (κ2) is 5.08. The fourth-order valence-electron chi connectivity index (χ4n) is 1.15. The maximum Gasteiger partial charge on any atom is 0.252 e. The number of methoxy groups -OCH3 is 1. The van der Waals surface area contributed by atoms with E-state index in [9.17, 15) is 9.90 Å². The number of carbonyl (C=O) groups is 1. The summed E-state index contributed by atoms with van der Waals surface area (Å²) in [6, 6.07) is 4.05. The molecular weight excluding hydrogens is 206 g/mol. The molecule has 1 rings (SSSR count). The number of hydrogen-bond acceptors (Lipinski definition) is 3. The summed E-state index contributed by atoms with van der Waals surface area (Å²) in [6.45, 7) is 1.70. The molecule has 1 aromatic rings. The Morgan fingerprint density at radius 3 is 2.81 bits per heavy atom. The van der Waals surface area contributed by atoms with Crippen LogP contribution in [0.3, 0.4) is 0 Å². The van der Waals surface area contributed by atoms with Gasteiger partial charge in [0.1, 0.15) is 0 Å². The molecule has 0 saturated carbocycles. The lowest BCUT2D eigenvalue weighted by molar-refractivity contribution is 0.0947. The summed E-state index contributed by atoms with van der Waals surface area (Å²) in [6.07, 6.45) is 5.14. The largest absolute Gasteiger partial charge is 0.504 e. The van der Waals surface area contributed by atoms with Gasteiger partial charge in [0.15, 0.2) is 11.5 Å². The van der Waals surface area contributed by atoms with E-state index in [1.54, 1.807) is 13.0 Å². The minimum Gasteiger partial charge on any atom is -0.504 e. The normalized spacial score (nSPS) is 11.3. The summed E-state index contributed by atoms with van der Waals surface area (Å²) < 4.78 is 4.87. The van der Waals surface area contributed by atoms with Crippen molar-refractivity contribution in [3.63, 3.8) is 0 Å². The van der Waals surface area contributed by atoms with Crippen LogP contribution in [-0.2, 0) is 0 Å². The van der Waals surface area contributed by atoms with E-state index in [0.29, 0.717) is 11.3 Å². The van der Waals surface area contributed by atoms with Crippen molar-refractivity contribution < 1.29 is 14.6 Å². The molecule has 0 aromatic heterocycles. The van der Waals surface area contributed by atoms with Crippen LogP contribution in [-0.4, -0.2) is 24.2 Å². The Hall–Kier alpha value is -2.15. The molecule has 0 heterocycles. The first-order valence-corrected chi connectivity index (χ1v) is 4.72. The number of aromatic hydroxyl groups is 1. The van der Waals surface area contributed by atoms with E-state index in [0.717, 1.165) is 0 Å². The zero-order valence-corrected chi connectivity index (χ0v) is 9.15. The highest BCUT2D eigenvalue weighted by molar-refractivity contribution is 5.95. The van der Waals surface area contributed by atoms with Gasteiger partial charge in [-0.3, -0.25) is 4.79 Å². The van der Waals surface area contributed by atoms with Crippen molar-refractivity contribution in [3.05, 3.63) is 23.8 Å². The topological polar surface area (TPSA) is 58.6 Å². The third-order valence-electron chi connectivity index (χ3n) is 2.04. The summed E-state index contributed by atoms with van der Waals surface area (Å²) in [5.74, 6) is 2.29. The molecule has 16 heavy (non-hydrogen) atoms. The highest BCUT2D eigenvalue weighted by Crippen LogP contribution is 2.26. The van der Waals surface area contributed by atoms with Crippen LogP contribution < -0.4 is 10.1 Å². The number of nitrogens with one attached hydrogen (secondary N) is 1. The van der Waals surface area contributed by atoms with Gasteiger partial charge in [-0.25, -0.2) is 0 Å². The van der Waals surface area contributed by atoms with Crippen LogP contribution in [0, 0.1) is 12.3 Å². The minimum absolute atomic E-state index is 0.0801. The van der Waals surface area contributed by atoms with E-state index in [-0.39, 0.29) is 17.7 Å². The first kappa shape index (κ1) is 11.9. The molecule has 0 aliphatic carbocycles. The van der Waals surface area contributed by atoms with Gasteiger partial charge in [-0.15, -0.1) is 6.42 Å². The molecule has 1 unspecified atom stereocenters. The standard InChI is InChI=1S/C12H13NO3/c1-4-8(2)13-12(15)9-5-6-11(16-3)10(14)7-9/h1,5-8,14H,2-3H3,(H,13,15). The van der Waals surface area contributed by atoms with Gasteiger partial charge in [0, 0.05) is 5.56 Å². The number of terminal acetylenes is 1. The molecule has 1 atom stereocenters. The molecule has 0 saturated heterocycles. The van der Waals surface area contributed by atoms with Crippen molar-refractivity contribution in [2.24, 2.45) is 0 Å². The Kier molecular flexibility index (Phi) is 3.78. The Morgan fingerprint density at radius 2 is 2.31 bits per heavy atom. The van der Waals surface area contributed by atoms with Crippen molar-refractivity contribution in [1.29, 1.82) is 0 Å². The number of rotatable bonds is 3. The van der Waals surface area contributed by atoms with Crippen LogP contribution in [0.25, 0.3) is 0 Å². The van der Waals surface area contributed by atoms with Crippen molar-refractivity contribution in [3.8, 4) is 23.8 Å². The summed E-state index contributed by atoms with van der Waals surface area (Å²) in [5.41, 5.74) is 0.334. The SMILES string of the molecule is C#CC(C)NC(=O)c1ccc(OC)c(O)c1. The van der Waals surface area contributed by atoms with Gasteiger partial charge in [0.25, 0.3) is 5.91 Å². The molecule has 0 spiro atoms. The monoisotopic (exact) mass is 219 g/mol. The lowest BCUT2D eigenvalue weighted by atomic mass is 10.2. The van der Waals surface area contributed by atoms with Crippen molar-refractivity contribution in [1.82, 2.24) is 5.32 Å². The molecule has 4 nitrogen and oxygen atoms in total. The van der Waals surface area contributed by atoms with E-state index < -0.39 is 0 Å². The average molecular weight is 219 g/mol. The van der Waals surface area contributed by atoms with Gasteiger partial charge in [-0.2, -0.15) is 0 Å². The number of phenolic OH excluding ortho intramolecular Hbond substituents is 1. The zero-order valence-electron chi connectivity index (χ0n) is 9.15. The molecule has 84 valence electrons. The van der Waals surface area contributed by atoms with E-state index >= 15 is 0 Å². The fourth-order valence-corrected chi connectivity index (χ4v) is 1.15. The first-order valence-electron chi connectivity index (χ1n) is 4.72. The lowest BCUT2D eigenvalue weighted by Crippen LogP contribution is -2.31. The van der Waals surface area contributed by atoms with Gasteiger partial charge >= 0.3 is 0 Å². The first-order chi connectivity index (χ1) is 7.58. The maximum absolute atomic E-state index is 11.6. The predicted octanol–water partition coefficient (Wildman–Crippen LogP) is 1.15. The van der Waals surface area contributed by atoms with Gasteiger partial charge in [-0.1, -0.05) is 5.92 Å². The van der Waals surface area contributed by atoms with Crippen LogP contribution in [0.4, 0.5) is 0 Å². The van der Waals surface area contributed by atoms with Crippen LogP contribution in [0.2, 0.25) is 0 Å². The predicted molar refractivity (Wildman–Crippen MR) is 60.4 cm³/mol. The van der Waals surface area contributed by atoms with Gasteiger partial charge < -0.3 is 15.2 Å². The molecule has 2 N–H and O–H groups in total. The number of phenols is 1. The second-order valence-electron chi connectivity index (χ2n) is 3.25. The molecule has 0 radical (unpaired) electrons. The Labute approximate surface area is 94.2 Å². The Balaban J connectivity index is 2.86. The number of ether oxygens (including phenoxy) is 1. The number of amides is 1. The van der Waals surface area contributed by atoms with Crippen LogP contribution >= 0.6 is 0 Å². The molecule has 0 bridgehead atoms. The van der Waals surface area contributed by atoms with Gasteiger partial charge in [0.05, 0.1) is 13.2 Å². The van der Waals surface area contributed by atoms with Gasteiger partial charge in [-0.05, 0) is 25.1 Å². The third-order valence-corrected chi connectivity index (χ3v) is 2.04. The summed E-state index contributed by atoms with van der Waals surface area (Å²) >= 11 is 0. The zero-order chi connectivity index (χ0) is 12.1. The van der Waals surface area contributed by atoms with E-state index in [4.69, 9.17) is 11.2 Å². The molecule has 0 fully saturated rings. The second-order valence-corrected chi connectivity index (χ2v) is 3.25. The maximum atomic E-state index is 11.6. The van der Waals surface area contributed by atoms with E-state index in [1.807, 2.05) is 0 Å². The average Bonchev–Trinajstić information content (AvgIpc) is 2.28. The van der Waals surface area contributed by atoms with Crippen LogP contribution in [0.15, 0.2) is 18.2 Å². The smallest absolute Gasteiger partial charge is 0.252 e. The number of hydrogen-bond donors (Lipinski definition) is 2.